The highest BCUT2D eigenvalue weighted by Gasteiger charge is 2.25. The van der Waals surface area contributed by atoms with E-state index in [0.29, 0.717) is 30.3 Å². The Morgan fingerprint density at radius 2 is 2.10 bits per heavy atom. The predicted molar refractivity (Wildman–Crippen MR) is 72.9 cm³/mol. The summed E-state index contributed by atoms with van der Waals surface area (Å²) in [4.78, 5) is 4.14. The fourth-order valence-electron chi connectivity index (χ4n) is 2.15. The molecule has 3 rings (SSSR count). The fraction of sp³-hybridized carbons (Fsp3) is 0.455. The second-order valence-electron chi connectivity index (χ2n) is 4.55. The summed E-state index contributed by atoms with van der Waals surface area (Å²) in [5.74, 6) is 0.428. The monoisotopic (exact) mass is 297 g/mol. The van der Waals surface area contributed by atoms with Gasteiger partial charge in [0.1, 0.15) is 0 Å². The second kappa shape index (κ2) is 4.91. The Labute approximate surface area is 116 Å². The van der Waals surface area contributed by atoms with Crippen molar-refractivity contribution in [3.8, 4) is 5.88 Å². The van der Waals surface area contributed by atoms with Gasteiger partial charge in [0.15, 0.2) is 5.65 Å². The van der Waals surface area contributed by atoms with E-state index in [9.17, 15) is 8.42 Å². The molecule has 0 spiro atoms. The van der Waals surface area contributed by atoms with E-state index in [4.69, 9.17) is 4.74 Å². The third-order valence-electron chi connectivity index (χ3n) is 3.15. The zero-order valence-electron chi connectivity index (χ0n) is 11.0. The number of nitrogens with one attached hydrogen (secondary N) is 1. The molecule has 0 amide bonds. The third kappa shape index (κ3) is 2.41. The molecule has 0 aliphatic carbocycles. The minimum absolute atomic E-state index is 0.371. The van der Waals surface area contributed by atoms with Crippen molar-refractivity contribution in [3.63, 3.8) is 0 Å². The maximum atomic E-state index is 12.1. The van der Waals surface area contributed by atoms with Gasteiger partial charge >= 0.3 is 10.2 Å². The van der Waals surface area contributed by atoms with E-state index < -0.39 is 10.2 Å². The largest absolute Gasteiger partial charge is 0.480 e. The number of hydrogen-bond donors (Lipinski definition) is 1. The van der Waals surface area contributed by atoms with Crippen molar-refractivity contribution < 1.29 is 13.2 Å². The minimum atomic E-state index is -3.51. The van der Waals surface area contributed by atoms with Crippen molar-refractivity contribution in [3.05, 3.63) is 18.5 Å². The Balaban J connectivity index is 1.86. The number of ether oxygens (including phenoxy) is 1. The van der Waals surface area contributed by atoms with Gasteiger partial charge in [-0.05, 0) is 12.8 Å². The molecule has 3 heterocycles. The van der Waals surface area contributed by atoms with Crippen LogP contribution in [0, 0.1) is 0 Å². The maximum absolute atomic E-state index is 12.1. The Morgan fingerprint density at radius 1 is 1.35 bits per heavy atom. The van der Waals surface area contributed by atoms with E-state index in [-0.39, 0.29) is 0 Å². The zero-order chi connectivity index (χ0) is 14.2. The number of hydrogen-bond acceptors (Lipinski definition) is 5. The van der Waals surface area contributed by atoms with Crippen LogP contribution in [0.15, 0.2) is 18.5 Å². The Bertz CT molecular complexity index is 721. The third-order valence-corrected chi connectivity index (χ3v) is 4.69. The molecule has 8 nitrogen and oxygen atoms in total. The zero-order valence-corrected chi connectivity index (χ0v) is 11.8. The summed E-state index contributed by atoms with van der Waals surface area (Å²) in [6, 6.07) is 1.67. The number of methoxy groups -OCH3 is 1. The molecule has 0 atom stereocenters. The van der Waals surface area contributed by atoms with E-state index in [1.54, 1.807) is 12.3 Å². The van der Waals surface area contributed by atoms with Crippen LogP contribution in [0.2, 0.25) is 0 Å². The minimum Gasteiger partial charge on any atom is -0.480 e. The van der Waals surface area contributed by atoms with Crippen LogP contribution in [0.3, 0.4) is 0 Å². The van der Waals surface area contributed by atoms with Gasteiger partial charge < -0.3 is 4.74 Å². The van der Waals surface area contributed by atoms with Crippen LogP contribution in [-0.4, -0.2) is 47.5 Å². The first-order valence-electron chi connectivity index (χ1n) is 6.26. The summed E-state index contributed by atoms with van der Waals surface area (Å²) in [5, 5.41) is 4.10. The Morgan fingerprint density at radius 3 is 2.80 bits per heavy atom. The molecule has 9 heteroatoms. The summed E-state index contributed by atoms with van der Waals surface area (Å²) in [6.07, 6.45) is 4.83. The van der Waals surface area contributed by atoms with Crippen LogP contribution >= 0.6 is 0 Å². The average Bonchev–Trinajstić information content (AvgIpc) is 3.07. The Hall–Kier alpha value is -1.87. The summed E-state index contributed by atoms with van der Waals surface area (Å²) >= 11 is 0. The van der Waals surface area contributed by atoms with E-state index >= 15 is 0 Å². The second-order valence-corrected chi connectivity index (χ2v) is 6.22. The summed E-state index contributed by atoms with van der Waals surface area (Å²) in [7, 11) is -2.00. The molecule has 1 saturated heterocycles. The van der Waals surface area contributed by atoms with Gasteiger partial charge in [0.05, 0.1) is 25.2 Å². The number of fused-ring (bicyclic) bond motifs is 1. The lowest BCUT2D eigenvalue weighted by Gasteiger charge is -2.16. The first kappa shape index (κ1) is 13.1. The molecule has 0 aromatic carbocycles. The number of anilines is 1. The molecular weight excluding hydrogens is 282 g/mol. The average molecular weight is 297 g/mol. The molecule has 2 aromatic heterocycles. The van der Waals surface area contributed by atoms with E-state index in [2.05, 4.69) is 14.8 Å². The molecule has 0 unspecified atom stereocenters. The van der Waals surface area contributed by atoms with Gasteiger partial charge in [-0.25, -0.2) is 9.50 Å². The highest BCUT2D eigenvalue weighted by molar-refractivity contribution is 7.90. The standard InChI is InChI=1S/C11H15N5O3S/c1-19-11-6-10-12-7-9(8-16(10)13-11)14-20(17,18)15-4-2-3-5-15/h6-8,14H,2-5H2,1H3. The van der Waals surface area contributed by atoms with Crippen molar-refractivity contribution in [1.82, 2.24) is 18.9 Å². The number of aromatic nitrogens is 3. The van der Waals surface area contributed by atoms with Crippen LogP contribution in [0.25, 0.3) is 5.65 Å². The molecule has 1 aliphatic heterocycles. The lowest BCUT2D eigenvalue weighted by atomic mass is 10.4. The highest BCUT2D eigenvalue weighted by atomic mass is 32.2. The molecular formula is C11H15N5O3S. The lowest BCUT2D eigenvalue weighted by molar-refractivity contribution is 0.395. The quantitative estimate of drug-likeness (QED) is 0.887. The molecule has 0 radical (unpaired) electrons. The van der Waals surface area contributed by atoms with Crippen molar-refractivity contribution in [2.75, 3.05) is 24.9 Å². The maximum Gasteiger partial charge on any atom is 0.301 e. The molecule has 20 heavy (non-hydrogen) atoms. The SMILES string of the molecule is COc1cc2ncc(NS(=O)(=O)N3CCCC3)cn2n1. The van der Waals surface area contributed by atoms with Crippen LogP contribution in [0.1, 0.15) is 12.8 Å². The lowest BCUT2D eigenvalue weighted by Crippen LogP contribution is -2.33. The normalized spacial score (nSPS) is 16.6. The van der Waals surface area contributed by atoms with Crippen LogP contribution in [0.4, 0.5) is 5.69 Å². The highest BCUT2D eigenvalue weighted by Crippen LogP contribution is 2.17. The number of nitrogens with zero attached hydrogens (tertiary/aromatic N) is 4. The van der Waals surface area contributed by atoms with Crippen molar-refractivity contribution in [1.29, 1.82) is 0 Å². The van der Waals surface area contributed by atoms with Gasteiger partial charge in [-0.3, -0.25) is 4.72 Å². The van der Waals surface area contributed by atoms with Gasteiger partial charge in [-0.2, -0.15) is 12.7 Å². The number of rotatable bonds is 4. The van der Waals surface area contributed by atoms with Crippen molar-refractivity contribution in [2.45, 2.75) is 12.8 Å². The van der Waals surface area contributed by atoms with Crippen LogP contribution in [0.5, 0.6) is 5.88 Å². The van der Waals surface area contributed by atoms with E-state index in [1.165, 1.54) is 22.1 Å². The first-order valence-corrected chi connectivity index (χ1v) is 7.70. The van der Waals surface area contributed by atoms with Crippen LogP contribution < -0.4 is 9.46 Å². The van der Waals surface area contributed by atoms with Crippen molar-refractivity contribution >= 4 is 21.5 Å². The smallest absolute Gasteiger partial charge is 0.301 e. The molecule has 1 aliphatic rings. The topological polar surface area (TPSA) is 88.8 Å². The summed E-state index contributed by atoms with van der Waals surface area (Å²) in [6.45, 7) is 1.11. The predicted octanol–water partition coefficient (Wildman–Crippen LogP) is 0.490. The molecule has 108 valence electrons. The fourth-order valence-corrected chi connectivity index (χ4v) is 3.42. The van der Waals surface area contributed by atoms with E-state index in [0.717, 1.165) is 12.8 Å². The molecule has 2 aromatic rings. The summed E-state index contributed by atoms with van der Waals surface area (Å²) < 4.78 is 34.7. The van der Waals surface area contributed by atoms with E-state index in [1.807, 2.05) is 0 Å². The van der Waals surface area contributed by atoms with Gasteiger partial charge in [-0.15, -0.1) is 5.10 Å². The van der Waals surface area contributed by atoms with Crippen molar-refractivity contribution in [2.24, 2.45) is 0 Å². The molecule has 1 N–H and O–H groups in total. The molecule has 0 saturated carbocycles. The van der Waals surface area contributed by atoms with Crippen LogP contribution in [-0.2, 0) is 10.2 Å². The van der Waals surface area contributed by atoms with Gasteiger partial charge in [0.25, 0.3) is 0 Å². The van der Waals surface area contributed by atoms with Gasteiger partial charge in [-0.1, -0.05) is 0 Å². The summed E-state index contributed by atoms with van der Waals surface area (Å²) in [5.41, 5.74) is 0.959. The Kier molecular flexibility index (Phi) is 3.22. The molecule has 1 fully saturated rings. The van der Waals surface area contributed by atoms with Gasteiger partial charge in [0, 0.05) is 19.2 Å². The first-order chi connectivity index (χ1) is 9.58. The van der Waals surface area contributed by atoms with Gasteiger partial charge in [0.2, 0.25) is 5.88 Å². The molecule has 0 bridgehead atoms.